The predicted octanol–water partition coefficient (Wildman–Crippen LogP) is 2.02. The molecule has 0 aromatic rings. The smallest absolute Gasteiger partial charge is 0.214 e. The quantitative estimate of drug-likeness (QED) is 0.640. The van der Waals surface area contributed by atoms with Gasteiger partial charge in [-0.25, -0.2) is 13.1 Å². The molecule has 1 saturated carbocycles. The first-order chi connectivity index (χ1) is 8.59. The number of ether oxygens (including phenoxy) is 1. The molecule has 0 spiro atoms. The van der Waals surface area contributed by atoms with Crippen molar-refractivity contribution in [2.24, 2.45) is 0 Å². The third-order valence-electron chi connectivity index (χ3n) is 3.85. The first kappa shape index (κ1) is 14.6. The summed E-state index contributed by atoms with van der Waals surface area (Å²) in [6.07, 6.45) is 6.26. The number of alkyl halides is 1. The van der Waals surface area contributed by atoms with Crippen molar-refractivity contribution in [1.82, 2.24) is 4.72 Å². The summed E-state index contributed by atoms with van der Waals surface area (Å²) >= 11 is 6.28. The van der Waals surface area contributed by atoms with Gasteiger partial charge in [0.25, 0.3) is 0 Å². The second-order valence-corrected chi connectivity index (χ2v) is 7.79. The van der Waals surface area contributed by atoms with E-state index in [-0.39, 0.29) is 16.7 Å². The van der Waals surface area contributed by atoms with Crippen LogP contribution in [0.5, 0.6) is 0 Å². The van der Waals surface area contributed by atoms with Crippen molar-refractivity contribution in [3.63, 3.8) is 0 Å². The summed E-state index contributed by atoms with van der Waals surface area (Å²) < 4.78 is 32.6. The van der Waals surface area contributed by atoms with Crippen molar-refractivity contribution in [1.29, 1.82) is 0 Å². The Bertz CT molecular complexity index is 354. The van der Waals surface area contributed by atoms with E-state index in [2.05, 4.69) is 4.72 Å². The Labute approximate surface area is 114 Å². The Morgan fingerprint density at radius 1 is 1.00 bits per heavy atom. The largest absolute Gasteiger partial charge is 0.381 e. The van der Waals surface area contributed by atoms with Gasteiger partial charge in [0.1, 0.15) is 0 Å². The topological polar surface area (TPSA) is 55.4 Å². The lowest BCUT2D eigenvalue weighted by Crippen LogP contribution is -2.46. The Morgan fingerprint density at radius 3 is 2.39 bits per heavy atom. The molecule has 0 bridgehead atoms. The molecule has 1 aliphatic heterocycles. The standard InChI is InChI=1S/C12H22ClNO3S/c13-11-4-2-1-3-5-12(11)14-18(15,16)10-6-8-17-9-7-10/h10-12,14H,1-9H2. The number of hydrogen-bond acceptors (Lipinski definition) is 3. The van der Waals surface area contributed by atoms with E-state index < -0.39 is 10.0 Å². The highest BCUT2D eigenvalue weighted by Gasteiger charge is 2.32. The van der Waals surface area contributed by atoms with Crippen LogP contribution in [-0.4, -0.2) is 38.3 Å². The van der Waals surface area contributed by atoms with E-state index in [1.54, 1.807) is 0 Å². The maximum atomic E-state index is 12.3. The van der Waals surface area contributed by atoms with Crippen LogP contribution in [-0.2, 0) is 14.8 Å². The molecule has 0 amide bonds. The normalized spacial score (nSPS) is 32.1. The zero-order chi connectivity index (χ0) is 13.0. The lowest BCUT2D eigenvalue weighted by atomic mass is 10.1. The molecule has 1 aliphatic carbocycles. The van der Waals surface area contributed by atoms with Gasteiger partial charge < -0.3 is 4.74 Å². The summed E-state index contributed by atoms with van der Waals surface area (Å²) in [7, 11) is -3.25. The van der Waals surface area contributed by atoms with E-state index in [0.717, 1.165) is 32.1 Å². The molecule has 1 saturated heterocycles. The zero-order valence-electron chi connectivity index (χ0n) is 10.6. The Balaban J connectivity index is 1.97. The maximum absolute atomic E-state index is 12.3. The van der Waals surface area contributed by atoms with Gasteiger partial charge in [0.15, 0.2) is 0 Å². The molecule has 2 unspecified atom stereocenters. The molecular weight excluding hydrogens is 274 g/mol. The van der Waals surface area contributed by atoms with Gasteiger partial charge in [-0.1, -0.05) is 19.3 Å². The fourth-order valence-electron chi connectivity index (χ4n) is 2.69. The average Bonchev–Trinajstić information content (AvgIpc) is 2.56. The van der Waals surface area contributed by atoms with Crippen LogP contribution < -0.4 is 4.72 Å². The lowest BCUT2D eigenvalue weighted by Gasteiger charge is -2.27. The Hall–Kier alpha value is 0.160. The molecule has 6 heteroatoms. The monoisotopic (exact) mass is 295 g/mol. The van der Waals surface area contributed by atoms with Gasteiger partial charge in [-0.3, -0.25) is 0 Å². The van der Waals surface area contributed by atoms with Gasteiger partial charge in [0.05, 0.1) is 5.25 Å². The summed E-state index contributed by atoms with van der Waals surface area (Å²) in [5.74, 6) is 0. The summed E-state index contributed by atoms with van der Waals surface area (Å²) in [5.41, 5.74) is 0. The lowest BCUT2D eigenvalue weighted by molar-refractivity contribution is 0.0980. The second-order valence-electron chi connectivity index (χ2n) is 5.24. The summed E-state index contributed by atoms with van der Waals surface area (Å²) in [6.45, 7) is 1.08. The van der Waals surface area contributed by atoms with Gasteiger partial charge in [-0.15, -0.1) is 11.6 Å². The van der Waals surface area contributed by atoms with Crippen LogP contribution in [0.4, 0.5) is 0 Å². The average molecular weight is 296 g/mol. The summed E-state index contributed by atoms with van der Waals surface area (Å²) in [4.78, 5) is 0. The van der Waals surface area contributed by atoms with E-state index in [9.17, 15) is 8.42 Å². The predicted molar refractivity (Wildman–Crippen MR) is 72.4 cm³/mol. The second kappa shape index (κ2) is 6.55. The van der Waals surface area contributed by atoms with E-state index in [1.165, 1.54) is 0 Å². The fraction of sp³-hybridized carbons (Fsp3) is 1.00. The van der Waals surface area contributed by atoms with Gasteiger partial charge in [0, 0.05) is 24.6 Å². The van der Waals surface area contributed by atoms with Crippen molar-refractivity contribution >= 4 is 21.6 Å². The van der Waals surface area contributed by atoms with Gasteiger partial charge in [-0.05, 0) is 25.7 Å². The van der Waals surface area contributed by atoms with Gasteiger partial charge in [-0.2, -0.15) is 0 Å². The van der Waals surface area contributed by atoms with E-state index in [4.69, 9.17) is 16.3 Å². The van der Waals surface area contributed by atoms with E-state index in [0.29, 0.717) is 26.1 Å². The number of nitrogens with one attached hydrogen (secondary N) is 1. The molecule has 2 fully saturated rings. The molecule has 1 N–H and O–H groups in total. The first-order valence-electron chi connectivity index (χ1n) is 6.82. The molecule has 2 atom stereocenters. The van der Waals surface area contributed by atoms with Crippen LogP contribution in [0.1, 0.15) is 44.9 Å². The molecule has 106 valence electrons. The van der Waals surface area contributed by atoms with E-state index >= 15 is 0 Å². The van der Waals surface area contributed by atoms with Gasteiger partial charge in [0.2, 0.25) is 10.0 Å². The molecule has 4 nitrogen and oxygen atoms in total. The van der Waals surface area contributed by atoms with Gasteiger partial charge >= 0.3 is 0 Å². The minimum atomic E-state index is -3.25. The highest BCUT2D eigenvalue weighted by molar-refractivity contribution is 7.90. The number of rotatable bonds is 3. The summed E-state index contributed by atoms with van der Waals surface area (Å²) in [6, 6.07) is -0.0954. The highest BCUT2D eigenvalue weighted by Crippen LogP contribution is 2.24. The first-order valence-corrected chi connectivity index (χ1v) is 8.81. The molecule has 0 aromatic heterocycles. The van der Waals surface area contributed by atoms with Crippen molar-refractivity contribution < 1.29 is 13.2 Å². The molecule has 0 radical (unpaired) electrons. The third-order valence-corrected chi connectivity index (χ3v) is 6.36. The van der Waals surface area contributed by atoms with Crippen LogP contribution in [0.3, 0.4) is 0 Å². The molecule has 1 heterocycles. The molecule has 0 aromatic carbocycles. The molecular formula is C12H22ClNO3S. The number of sulfonamides is 1. The fourth-order valence-corrected chi connectivity index (χ4v) is 4.82. The Morgan fingerprint density at radius 2 is 1.67 bits per heavy atom. The summed E-state index contributed by atoms with van der Waals surface area (Å²) in [5, 5.41) is -0.375. The van der Waals surface area contributed by atoms with Crippen LogP contribution >= 0.6 is 11.6 Å². The zero-order valence-corrected chi connectivity index (χ0v) is 12.2. The third kappa shape index (κ3) is 3.83. The van der Waals surface area contributed by atoms with Crippen LogP contribution in [0.15, 0.2) is 0 Å². The minimum absolute atomic E-state index is 0.0675. The van der Waals surface area contributed by atoms with E-state index in [1.807, 2.05) is 0 Å². The van der Waals surface area contributed by atoms with Crippen LogP contribution in [0.2, 0.25) is 0 Å². The SMILES string of the molecule is O=S(=O)(NC1CCCCCC1Cl)C1CCOCC1. The minimum Gasteiger partial charge on any atom is -0.381 e. The van der Waals surface area contributed by atoms with Crippen molar-refractivity contribution in [2.45, 2.75) is 61.6 Å². The highest BCUT2D eigenvalue weighted by atomic mass is 35.5. The van der Waals surface area contributed by atoms with Crippen molar-refractivity contribution in [2.75, 3.05) is 13.2 Å². The van der Waals surface area contributed by atoms with Crippen molar-refractivity contribution in [3.05, 3.63) is 0 Å². The molecule has 2 aliphatic rings. The number of halogens is 1. The van der Waals surface area contributed by atoms with Crippen LogP contribution in [0.25, 0.3) is 0 Å². The number of hydrogen-bond donors (Lipinski definition) is 1. The van der Waals surface area contributed by atoms with Crippen molar-refractivity contribution in [3.8, 4) is 0 Å². The maximum Gasteiger partial charge on any atom is 0.214 e. The Kier molecular flexibility index (Phi) is 5.30. The molecule has 2 rings (SSSR count). The van der Waals surface area contributed by atoms with Crippen LogP contribution in [0, 0.1) is 0 Å². The molecule has 18 heavy (non-hydrogen) atoms.